The van der Waals surface area contributed by atoms with E-state index < -0.39 is 0 Å². The lowest BCUT2D eigenvalue weighted by Crippen LogP contribution is -2.35. The van der Waals surface area contributed by atoms with Gasteiger partial charge in [0.25, 0.3) is 5.91 Å². The van der Waals surface area contributed by atoms with Crippen LogP contribution in [-0.2, 0) is 0 Å². The van der Waals surface area contributed by atoms with Gasteiger partial charge in [-0.3, -0.25) is 4.79 Å². The second kappa shape index (κ2) is 9.57. The van der Waals surface area contributed by atoms with E-state index in [2.05, 4.69) is 36.1 Å². The van der Waals surface area contributed by atoms with Crippen LogP contribution in [0.3, 0.4) is 0 Å². The number of carbonyl (C=O) groups excluding carboxylic acids is 1. The van der Waals surface area contributed by atoms with Gasteiger partial charge < -0.3 is 10.2 Å². The maximum Gasteiger partial charge on any atom is 0.254 e. The van der Waals surface area contributed by atoms with E-state index in [-0.39, 0.29) is 11.8 Å². The molecule has 0 atom stereocenters. The van der Waals surface area contributed by atoms with Crippen LogP contribution in [0.4, 0.5) is 0 Å². The van der Waals surface area contributed by atoms with E-state index >= 15 is 0 Å². The molecule has 0 aliphatic carbocycles. The predicted molar refractivity (Wildman–Crippen MR) is 114 cm³/mol. The number of piperidine rings is 1. The first-order valence-corrected chi connectivity index (χ1v) is 10.7. The van der Waals surface area contributed by atoms with Crippen molar-refractivity contribution in [3.05, 3.63) is 46.7 Å². The van der Waals surface area contributed by atoms with Crippen LogP contribution in [0.1, 0.15) is 62.0 Å². The molecule has 5 nitrogen and oxygen atoms in total. The standard InChI is InChI=1S/C22H31ClN4O/c1-16(2)21-20(15-25-27(21)19-7-4-6-18(23)14-19)22(28)24-10-5-11-26-12-8-17(3)9-13-26/h4,6-7,14-17H,5,8-13H2,1-3H3,(H,24,28). The van der Waals surface area contributed by atoms with Gasteiger partial charge in [-0.2, -0.15) is 5.10 Å². The van der Waals surface area contributed by atoms with Crippen molar-refractivity contribution in [2.24, 2.45) is 5.92 Å². The number of nitrogens with zero attached hydrogens (tertiary/aromatic N) is 3. The number of nitrogens with one attached hydrogen (secondary N) is 1. The molecule has 0 bridgehead atoms. The van der Waals surface area contributed by atoms with Gasteiger partial charge >= 0.3 is 0 Å². The Morgan fingerprint density at radius 2 is 2.07 bits per heavy atom. The Labute approximate surface area is 173 Å². The molecule has 0 spiro atoms. The number of carbonyl (C=O) groups is 1. The predicted octanol–water partition coefficient (Wildman–Crippen LogP) is 4.50. The van der Waals surface area contributed by atoms with E-state index in [1.54, 1.807) is 6.20 Å². The fourth-order valence-corrected chi connectivity index (χ4v) is 3.97. The Bertz CT molecular complexity index is 794. The Morgan fingerprint density at radius 1 is 1.32 bits per heavy atom. The third kappa shape index (κ3) is 5.15. The minimum atomic E-state index is -0.0516. The quantitative estimate of drug-likeness (QED) is 0.693. The zero-order valence-corrected chi connectivity index (χ0v) is 17.9. The summed E-state index contributed by atoms with van der Waals surface area (Å²) in [7, 11) is 0. The van der Waals surface area contributed by atoms with Crippen molar-refractivity contribution in [2.75, 3.05) is 26.2 Å². The maximum atomic E-state index is 12.8. The first-order valence-electron chi connectivity index (χ1n) is 10.3. The van der Waals surface area contributed by atoms with Gasteiger partial charge in [0.1, 0.15) is 0 Å². The topological polar surface area (TPSA) is 50.2 Å². The first-order chi connectivity index (χ1) is 13.5. The highest BCUT2D eigenvalue weighted by molar-refractivity contribution is 6.30. The molecule has 1 aromatic carbocycles. The second-order valence-electron chi connectivity index (χ2n) is 8.12. The second-order valence-corrected chi connectivity index (χ2v) is 8.56. The summed E-state index contributed by atoms with van der Waals surface area (Å²) < 4.78 is 1.82. The van der Waals surface area contributed by atoms with Crippen LogP contribution in [-0.4, -0.2) is 46.8 Å². The van der Waals surface area contributed by atoms with Crippen molar-refractivity contribution in [1.82, 2.24) is 20.0 Å². The molecule has 28 heavy (non-hydrogen) atoms. The number of hydrogen-bond acceptors (Lipinski definition) is 3. The minimum absolute atomic E-state index is 0.0516. The molecule has 152 valence electrons. The molecule has 1 aliphatic heterocycles. The average Bonchev–Trinajstić information content (AvgIpc) is 3.12. The Balaban J connectivity index is 1.60. The molecule has 2 aromatic rings. The number of amides is 1. The number of benzene rings is 1. The molecule has 6 heteroatoms. The fraction of sp³-hybridized carbons (Fsp3) is 0.545. The zero-order chi connectivity index (χ0) is 20.1. The molecule has 2 heterocycles. The minimum Gasteiger partial charge on any atom is -0.352 e. The van der Waals surface area contributed by atoms with Gasteiger partial charge in [0.15, 0.2) is 0 Å². The van der Waals surface area contributed by atoms with Crippen molar-refractivity contribution < 1.29 is 4.79 Å². The van der Waals surface area contributed by atoms with Crippen molar-refractivity contribution in [1.29, 1.82) is 0 Å². The van der Waals surface area contributed by atoms with E-state index in [0.717, 1.165) is 30.3 Å². The summed E-state index contributed by atoms with van der Waals surface area (Å²) in [4.78, 5) is 15.3. The highest BCUT2D eigenvalue weighted by Gasteiger charge is 2.21. The molecule has 1 aliphatic rings. The molecule has 0 unspecified atom stereocenters. The van der Waals surface area contributed by atoms with E-state index in [1.807, 2.05) is 28.9 Å². The number of rotatable bonds is 7. The normalized spacial score (nSPS) is 15.9. The van der Waals surface area contributed by atoms with E-state index in [4.69, 9.17) is 11.6 Å². The van der Waals surface area contributed by atoms with Gasteiger partial charge in [-0.25, -0.2) is 4.68 Å². The van der Waals surface area contributed by atoms with Crippen LogP contribution in [0.2, 0.25) is 5.02 Å². The smallest absolute Gasteiger partial charge is 0.254 e. The van der Waals surface area contributed by atoms with E-state index in [0.29, 0.717) is 17.1 Å². The van der Waals surface area contributed by atoms with Crippen LogP contribution in [0.5, 0.6) is 0 Å². The van der Waals surface area contributed by atoms with Crippen LogP contribution in [0.25, 0.3) is 5.69 Å². The van der Waals surface area contributed by atoms with Gasteiger partial charge in [0.2, 0.25) is 0 Å². The Kier molecular flexibility index (Phi) is 7.13. The fourth-order valence-electron chi connectivity index (χ4n) is 3.79. The highest BCUT2D eigenvalue weighted by Crippen LogP contribution is 2.24. The van der Waals surface area contributed by atoms with Gasteiger partial charge in [-0.05, 0) is 68.9 Å². The van der Waals surface area contributed by atoms with Crippen molar-refractivity contribution in [3.63, 3.8) is 0 Å². The molecule has 1 saturated heterocycles. The molecular weight excluding hydrogens is 372 g/mol. The number of halogens is 1. The lowest BCUT2D eigenvalue weighted by Gasteiger charge is -2.30. The summed E-state index contributed by atoms with van der Waals surface area (Å²) in [6, 6.07) is 7.54. The highest BCUT2D eigenvalue weighted by atomic mass is 35.5. The van der Waals surface area contributed by atoms with Crippen LogP contribution < -0.4 is 5.32 Å². The summed E-state index contributed by atoms with van der Waals surface area (Å²) in [5.74, 6) is 0.961. The first kappa shape index (κ1) is 20.9. The van der Waals surface area contributed by atoms with Gasteiger partial charge in [-0.1, -0.05) is 38.4 Å². The van der Waals surface area contributed by atoms with Crippen LogP contribution in [0.15, 0.2) is 30.5 Å². The van der Waals surface area contributed by atoms with Crippen LogP contribution >= 0.6 is 11.6 Å². The monoisotopic (exact) mass is 402 g/mol. The Hall–Kier alpha value is -1.85. The molecule has 1 amide bonds. The summed E-state index contributed by atoms with van der Waals surface area (Å²) in [6.45, 7) is 10.6. The average molecular weight is 403 g/mol. The summed E-state index contributed by atoms with van der Waals surface area (Å²) in [6.07, 6.45) is 5.21. The molecule has 0 radical (unpaired) electrons. The van der Waals surface area contributed by atoms with Crippen molar-refractivity contribution >= 4 is 17.5 Å². The molecule has 3 rings (SSSR count). The van der Waals surface area contributed by atoms with E-state index in [9.17, 15) is 4.79 Å². The number of hydrogen-bond donors (Lipinski definition) is 1. The Morgan fingerprint density at radius 3 is 2.75 bits per heavy atom. The van der Waals surface area contributed by atoms with Gasteiger partial charge in [0, 0.05) is 11.6 Å². The van der Waals surface area contributed by atoms with Crippen molar-refractivity contribution in [2.45, 2.75) is 46.0 Å². The molecular formula is C22H31ClN4O. The third-order valence-electron chi connectivity index (χ3n) is 5.46. The number of aromatic nitrogens is 2. The summed E-state index contributed by atoms with van der Waals surface area (Å²) >= 11 is 6.13. The third-order valence-corrected chi connectivity index (χ3v) is 5.70. The van der Waals surface area contributed by atoms with E-state index in [1.165, 1.54) is 25.9 Å². The molecule has 1 fully saturated rings. The number of likely N-dealkylation sites (tertiary alicyclic amines) is 1. The summed E-state index contributed by atoms with van der Waals surface area (Å²) in [5, 5.41) is 8.19. The van der Waals surface area contributed by atoms with Gasteiger partial charge in [-0.15, -0.1) is 0 Å². The lowest BCUT2D eigenvalue weighted by molar-refractivity contribution is 0.0949. The lowest BCUT2D eigenvalue weighted by atomic mass is 9.99. The molecule has 0 saturated carbocycles. The van der Waals surface area contributed by atoms with Gasteiger partial charge in [0.05, 0.1) is 23.1 Å². The SMILES string of the molecule is CC1CCN(CCCNC(=O)c2cnn(-c3cccc(Cl)c3)c2C(C)C)CC1. The van der Waals surface area contributed by atoms with Crippen molar-refractivity contribution in [3.8, 4) is 5.69 Å². The van der Waals surface area contributed by atoms with Crippen LogP contribution in [0, 0.1) is 5.92 Å². The zero-order valence-electron chi connectivity index (χ0n) is 17.1. The maximum absolute atomic E-state index is 12.8. The molecule has 1 N–H and O–H groups in total. The largest absolute Gasteiger partial charge is 0.352 e. The summed E-state index contributed by atoms with van der Waals surface area (Å²) in [5.41, 5.74) is 2.42. The molecule has 1 aromatic heterocycles.